The minimum atomic E-state index is -1.12. The highest BCUT2D eigenvalue weighted by Gasteiger charge is 2.30. The van der Waals surface area contributed by atoms with Gasteiger partial charge in [-0.05, 0) is 19.1 Å². The van der Waals surface area contributed by atoms with Crippen molar-refractivity contribution in [3.05, 3.63) is 23.3 Å². The van der Waals surface area contributed by atoms with E-state index in [4.69, 9.17) is 9.84 Å². The first-order valence-corrected chi connectivity index (χ1v) is 6.22. The molecular weight excluding hydrogens is 264 g/mol. The summed E-state index contributed by atoms with van der Waals surface area (Å²) in [6, 6.07) is 1.25. The SMILES string of the molecule is CC(O)CC1Cc2c(O)c(O)cc(/C=C\C(=O)O)c2O1. The van der Waals surface area contributed by atoms with Crippen LogP contribution in [0.1, 0.15) is 24.5 Å². The zero-order chi connectivity index (χ0) is 14.9. The highest BCUT2D eigenvalue weighted by atomic mass is 16.5. The summed E-state index contributed by atoms with van der Waals surface area (Å²) in [5.74, 6) is -1.36. The fraction of sp³-hybridized carbons (Fsp3) is 0.357. The number of fused-ring (bicyclic) bond motifs is 1. The van der Waals surface area contributed by atoms with Gasteiger partial charge in [-0.2, -0.15) is 0 Å². The Balaban J connectivity index is 2.37. The third kappa shape index (κ3) is 2.85. The maximum atomic E-state index is 10.6. The molecule has 6 heteroatoms. The molecule has 0 saturated heterocycles. The second-order valence-corrected chi connectivity index (χ2v) is 4.84. The first-order chi connectivity index (χ1) is 9.38. The van der Waals surface area contributed by atoms with Crippen LogP contribution in [0.5, 0.6) is 17.2 Å². The van der Waals surface area contributed by atoms with E-state index in [2.05, 4.69) is 0 Å². The van der Waals surface area contributed by atoms with E-state index in [0.29, 0.717) is 29.7 Å². The van der Waals surface area contributed by atoms with Crippen LogP contribution < -0.4 is 4.74 Å². The van der Waals surface area contributed by atoms with Crippen molar-refractivity contribution in [1.29, 1.82) is 0 Å². The van der Waals surface area contributed by atoms with Gasteiger partial charge in [0, 0.05) is 30.0 Å². The molecule has 2 unspecified atom stereocenters. The van der Waals surface area contributed by atoms with Gasteiger partial charge in [-0.25, -0.2) is 4.79 Å². The molecule has 1 aliphatic rings. The van der Waals surface area contributed by atoms with Gasteiger partial charge in [-0.15, -0.1) is 0 Å². The quantitative estimate of drug-likeness (QED) is 0.489. The third-order valence-corrected chi connectivity index (χ3v) is 3.08. The molecule has 108 valence electrons. The van der Waals surface area contributed by atoms with Gasteiger partial charge in [0.2, 0.25) is 0 Å². The average molecular weight is 280 g/mol. The molecular formula is C14H16O6. The molecule has 1 aromatic rings. The van der Waals surface area contributed by atoms with E-state index in [1.807, 2.05) is 0 Å². The molecule has 4 N–H and O–H groups in total. The largest absolute Gasteiger partial charge is 0.504 e. The molecule has 0 amide bonds. The highest BCUT2D eigenvalue weighted by Crippen LogP contribution is 2.45. The molecule has 1 heterocycles. The molecule has 0 spiro atoms. The molecule has 0 bridgehead atoms. The molecule has 20 heavy (non-hydrogen) atoms. The van der Waals surface area contributed by atoms with Crippen LogP contribution in [0.3, 0.4) is 0 Å². The zero-order valence-electron chi connectivity index (χ0n) is 10.9. The summed E-state index contributed by atoms with van der Waals surface area (Å²) >= 11 is 0. The van der Waals surface area contributed by atoms with Crippen molar-refractivity contribution >= 4 is 12.0 Å². The lowest BCUT2D eigenvalue weighted by atomic mass is 10.0. The van der Waals surface area contributed by atoms with Gasteiger partial charge in [-0.1, -0.05) is 0 Å². The lowest BCUT2D eigenvalue weighted by Gasteiger charge is -2.13. The van der Waals surface area contributed by atoms with Crippen molar-refractivity contribution in [3.8, 4) is 17.2 Å². The predicted molar refractivity (Wildman–Crippen MR) is 70.9 cm³/mol. The van der Waals surface area contributed by atoms with Crippen molar-refractivity contribution in [2.75, 3.05) is 0 Å². The molecule has 6 nitrogen and oxygen atoms in total. The molecule has 0 aliphatic carbocycles. The summed E-state index contributed by atoms with van der Waals surface area (Å²) in [6.45, 7) is 1.63. The number of phenolic OH excluding ortho intramolecular Hbond substituents is 2. The molecule has 2 rings (SSSR count). The Kier molecular flexibility index (Phi) is 3.85. The highest BCUT2D eigenvalue weighted by molar-refractivity contribution is 5.86. The van der Waals surface area contributed by atoms with Crippen LogP contribution in [0.25, 0.3) is 6.08 Å². The van der Waals surface area contributed by atoms with Crippen molar-refractivity contribution in [2.24, 2.45) is 0 Å². The normalized spacial score (nSPS) is 18.8. The predicted octanol–water partition coefficient (Wildman–Crippen LogP) is 1.27. The van der Waals surface area contributed by atoms with E-state index in [1.54, 1.807) is 6.92 Å². The summed E-state index contributed by atoms with van der Waals surface area (Å²) in [7, 11) is 0. The number of aliphatic hydroxyl groups excluding tert-OH is 1. The fourth-order valence-electron chi connectivity index (χ4n) is 2.28. The van der Waals surface area contributed by atoms with Gasteiger partial charge in [-0.3, -0.25) is 0 Å². The van der Waals surface area contributed by atoms with Crippen LogP contribution in [-0.2, 0) is 11.2 Å². The first-order valence-electron chi connectivity index (χ1n) is 6.22. The number of aliphatic carboxylic acids is 1. The summed E-state index contributed by atoms with van der Waals surface area (Å²) in [6.07, 6.45) is 2.10. The van der Waals surface area contributed by atoms with Crippen molar-refractivity contribution in [2.45, 2.75) is 32.0 Å². The standard InChI is InChI=1S/C14H16O6/c1-7(15)4-9-6-10-13(19)11(16)5-8(14(10)20-9)2-3-12(17)18/h2-3,5,7,9,15-16,19H,4,6H2,1H3,(H,17,18)/b3-2-. The van der Waals surface area contributed by atoms with E-state index in [1.165, 1.54) is 12.1 Å². The number of aliphatic hydroxyl groups is 1. The number of carboxylic acids is 1. The van der Waals surface area contributed by atoms with Gasteiger partial charge in [0.25, 0.3) is 0 Å². The molecule has 0 aromatic heterocycles. The Labute approximate surface area is 115 Å². The van der Waals surface area contributed by atoms with Gasteiger partial charge in [0.1, 0.15) is 11.9 Å². The van der Waals surface area contributed by atoms with E-state index in [-0.39, 0.29) is 17.6 Å². The van der Waals surface area contributed by atoms with Crippen molar-refractivity contribution < 1.29 is 30.0 Å². The third-order valence-electron chi connectivity index (χ3n) is 3.08. The maximum absolute atomic E-state index is 10.6. The molecule has 0 fully saturated rings. The summed E-state index contributed by atoms with van der Waals surface area (Å²) in [5, 5.41) is 37.5. The van der Waals surface area contributed by atoms with E-state index >= 15 is 0 Å². The lowest BCUT2D eigenvalue weighted by molar-refractivity contribution is -0.131. The van der Waals surface area contributed by atoms with Crippen LogP contribution in [-0.4, -0.2) is 38.6 Å². The van der Waals surface area contributed by atoms with E-state index in [9.17, 15) is 20.1 Å². The zero-order valence-corrected chi connectivity index (χ0v) is 10.9. The Morgan fingerprint density at radius 2 is 2.25 bits per heavy atom. The number of rotatable bonds is 4. The molecule has 0 saturated carbocycles. The number of phenols is 2. The average Bonchev–Trinajstić information content (AvgIpc) is 2.75. The van der Waals surface area contributed by atoms with Crippen molar-refractivity contribution in [1.82, 2.24) is 0 Å². The van der Waals surface area contributed by atoms with Crippen molar-refractivity contribution in [3.63, 3.8) is 0 Å². The number of benzene rings is 1. The molecule has 1 aromatic carbocycles. The van der Waals surface area contributed by atoms with Gasteiger partial charge in [0.15, 0.2) is 11.5 Å². The number of carboxylic acid groups (broad SMARTS) is 1. The second-order valence-electron chi connectivity index (χ2n) is 4.84. The van der Waals surface area contributed by atoms with E-state index in [0.717, 1.165) is 6.08 Å². The minimum absolute atomic E-state index is 0.263. The van der Waals surface area contributed by atoms with E-state index < -0.39 is 12.1 Å². The lowest BCUT2D eigenvalue weighted by Crippen LogP contribution is -2.19. The topological polar surface area (TPSA) is 107 Å². The number of hydrogen-bond acceptors (Lipinski definition) is 5. The molecule has 1 aliphatic heterocycles. The van der Waals surface area contributed by atoms with Gasteiger partial charge >= 0.3 is 5.97 Å². The van der Waals surface area contributed by atoms with Crippen LogP contribution in [0, 0.1) is 0 Å². The summed E-state index contributed by atoms with van der Waals surface area (Å²) in [5.41, 5.74) is 0.812. The summed E-state index contributed by atoms with van der Waals surface area (Å²) < 4.78 is 5.64. The van der Waals surface area contributed by atoms with Crippen LogP contribution in [0.15, 0.2) is 12.1 Å². The Morgan fingerprint density at radius 3 is 2.85 bits per heavy atom. The van der Waals surface area contributed by atoms with Crippen LogP contribution >= 0.6 is 0 Å². The molecule has 0 radical (unpaired) electrons. The van der Waals surface area contributed by atoms with Gasteiger partial charge < -0.3 is 25.2 Å². The Bertz CT molecular complexity index is 561. The first kappa shape index (κ1) is 14.2. The van der Waals surface area contributed by atoms with Crippen LogP contribution in [0.2, 0.25) is 0 Å². The monoisotopic (exact) mass is 280 g/mol. The number of aromatic hydroxyl groups is 2. The fourth-order valence-corrected chi connectivity index (χ4v) is 2.28. The van der Waals surface area contributed by atoms with Gasteiger partial charge in [0.05, 0.1) is 6.10 Å². The smallest absolute Gasteiger partial charge is 0.328 e. The van der Waals surface area contributed by atoms with Crippen LogP contribution in [0.4, 0.5) is 0 Å². The number of carbonyl (C=O) groups is 1. The second kappa shape index (κ2) is 5.42. The Hall–Kier alpha value is -2.21. The summed E-state index contributed by atoms with van der Waals surface area (Å²) in [4.78, 5) is 10.6. The molecule has 2 atom stereocenters. The minimum Gasteiger partial charge on any atom is -0.504 e. The number of ether oxygens (including phenoxy) is 1. The Morgan fingerprint density at radius 1 is 1.55 bits per heavy atom. The number of hydrogen-bond donors (Lipinski definition) is 4. The maximum Gasteiger partial charge on any atom is 0.328 e.